The highest BCUT2D eigenvalue weighted by atomic mass is 35.5. The molecule has 0 saturated carbocycles. The van der Waals surface area contributed by atoms with Crippen molar-refractivity contribution in [2.24, 2.45) is 0 Å². The Morgan fingerprint density at radius 2 is 1.95 bits per heavy atom. The van der Waals surface area contributed by atoms with E-state index in [9.17, 15) is 22.4 Å². The molecule has 0 aliphatic rings. The number of aryl methyl sites for hydroxylation is 1. The minimum Gasteiger partial charge on any atom is -0.486 e. The molecule has 0 atom stereocenters. The highest BCUT2D eigenvalue weighted by molar-refractivity contribution is 7.14. The molecule has 194 valence electrons. The third-order valence-corrected chi connectivity index (χ3v) is 6.87. The zero-order valence-electron chi connectivity index (χ0n) is 19.6. The molecule has 0 radical (unpaired) electrons. The van der Waals surface area contributed by atoms with Gasteiger partial charge < -0.3 is 9.30 Å². The van der Waals surface area contributed by atoms with Gasteiger partial charge in [0.15, 0.2) is 0 Å². The number of ether oxygens (including phenoxy) is 1. The van der Waals surface area contributed by atoms with E-state index in [1.807, 2.05) is 19.1 Å². The summed E-state index contributed by atoms with van der Waals surface area (Å²) in [5.74, 6) is -0.321. The maximum absolute atomic E-state index is 14.9. The number of halogens is 5. The number of aromatic nitrogens is 4. The summed E-state index contributed by atoms with van der Waals surface area (Å²) in [6, 6.07) is 10.0. The molecule has 0 N–H and O–H groups in total. The number of thiazole rings is 1. The lowest BCUT2D eigenvalue weighted by molar-refractivity contribution is -0.138. The van der Waals surface area contributed by atoms with Crippen LogP contribution >= 0.6 is 22.9 Å². The average molecular weight is 561 g/mol. The van der Waals surface area contributed by atoms with Crippen molar-refractivity contribution in [2.45, 2.75) is 26.3 Å². The molecule has 0 unspecified atom stereocenters. The van der Waals surface area contributed by atoms with E-state index < -0.39 is 23.1 Å². The summed E-state index contributed by atoms with van der Waals surface area (Å²) < 4.78 is 61.8. The highest BCUT2D eigenvalue weighted by Gasteiger charge is 2.34. The molecule has 0 spiro atoms. The van der Waals surface area contributed by atoms with Crippen LogP contribution in [0.4, 0.5) is 17.6 Å². The number of hydrogen-bond acceptors (Lipinski definition) is 6. The van der Waals surface area contributed by atoms with Gasteiger partial charge in [-0.1, -0.05) is 23.7 Å². The Balaban J connectivity index is 1.50. The largest absolute Gasteiger partial charge is 0.486 e. The van der Waals surface area contributed by atoms with Gasteiger partial charge in [-0.2, -0.15) is 13.2 Å². The van der Waals surface area contributed by atoms with E-state index in [4.69, 9.17) is 16.3 Å². The van der Waals surface area contributed by atoms with Crippen LogP contribution in [0.15, 0.2) is 65.2 Å². The van der Waals surface area contributed by atoms with Gasteiger partial charge in [0.25, 0.3) is 5.56 Å². The van der Waals surface area contributed by atoms with E-state index in [0.717, 1.165) is 27.6 Å². The van der Waals surface area contributed by atoms with E-state index in [1.165, 1.54) is 23.7 Å². The van der Waals surface area contributed by atoms with Crippen molar-refractivity contribution >= 4 is 33.8 Å². The minimum atomic E-state index is -4.82. The molecule has 0 aliphatic heterocycles. The van der Waals surface area contributed by atoms with Crippen LogP contribution in [0, 0.1) is 12.7 Å². The normalized spacial score (nSPS) is 11.7. The van der Waals surface area contributed by atoms with Crippen molar-refractivity contribution in [3.8, 4) is 17.0 Å². The second-order valence-corrected chi connectivity index (χ2v) is 9.75. The summed E-state index contributed by atoms with van der Waals surface area (Å²) in [5.41, 5.74) is 1.70. The van der Waals surface area contributed by atoms with E-state index in [-0.39, 0.29) is 24.4 Å². The number of para-hydroxylation sites is 1. The topological polar surface area (TPSA) is 69.9 Å². The molecule has 12 heteroatoms. The van der Waals surface area contributed by atoms with Gasteiger partial charge >= 0.3 is 6.18 Å². The number of rotatable bonds is 6. The first-order valence-corrected chi connectivity index (χ1v) is 12.4. The molecule has 5 rings (SSSR count). The van der Waals surface area contributed by atoms with Crippen LogP contribution in [0.5, 0.6) is 5.75 Å². The number of fused-ring (bicyclic) bond motifs is 1. The molecular weight excluding hydrogens is 544 g/mol. The Morgan fingerprint density at radius 3 is 2.68 bits per heavy atom. The predicted octanol–water partition coefficient (Wildman–Crippen LogP) is 6.66. The fourth-order valence-corrected chi connectivity index (χ4v) is 4.85. The summed E-state index contributed by atoms with van der Waals surface area (Å²) in [4.78, 5) is 25.5. The van der Waals surface area contributed by atoms with E-state index in [0.29, 0.717) is 33.1 Å². The molecule has 6 nitrogen and oxygen atoms in total. The number of benzene rings is 1. The minimum absolute atomic E-state index is 0.00392. The number of nitrogens with zero attached hydrogens (tertiary/aromatic N) is 4. The predicted molar refractivity (Wildman–Crippen MR) is 136 cm³/mol. The molecule has 38 heavy (non-hydrogen) atoms. The quantitative estimate of drug-likeness (QED) is 0.217. The first-order valence-electron chi connectivity index (χ1n) is 11.1. The van der Waals surface area contributed by atoms with Crippen LogP contribution in [-0.4, -0.2) is 19.5 Å². The Bertz CT molecular complexity index is 1720. The van der Waals surface area contributed by atoms with E-state index in [1.54, 1.807) is 17.6 Å². The third kappa shape index (κ3) is 4.99. The van der Waals surface area contributed by atoms with Gasteiger partial charge in [0, 0.05) is 34.6 Å². The lowest BCUT2D eigenvalue weighted by atomic mass is 10.0. The smallest absolute Gasteiger partial charge is 0.421 e. The van der Waals surface area contributed by atoms with Crippen LogP contribution in [-0.2, 0) is 19.3 Å². The first-order chi connectivity index (χ1) is 18.1. The van der Waals surface area contributed by atoms with Crippen LogP contribution in [0.2, 0.25) is 4.34 Å². The van der Waals surface area contributed by atoms with Crippen molar-refractivity contribution in [3.05, 3.63) is 103 Å². The Labute approximate surface area is 222 Å². The number of pyridine rings is 3. The van der Waals surface area contributed by atoms with Crippen LogP contribution < -0.4 is 10.3 Å². The maximum atomic E-state index is 14.9. The summed E-state index contributed by atoms with van der Waals surface area (Å²) in [5, 5.41) is 0.725. The second kappa shape index (κ2) is 10.1. The van der Waals surface area contributed by atoms with Crippen LogP contribution in [0.1, 0.15) is 22.5 Å². The van der Waals surface area contributed by atoms with Crippen molar-refractivity contribution in [1.82, 2.24) is 19.5 Å². The monoisotopic (exact) mass is 560 g/mol. The lowest BCUT2D eigenvalue weighted by Gasteiger charge is -2.15. The molecule has 0 amide bonds. The van der Waals surface area contributed by atoms with Crippen LogP contribution in [0.25, 0.3) is 22.2 Å². The SMILES string of the molecule is Cc1cc(-c2ncsc2Cl)c2cccc(OCc3c(F)ccnc3Cn3cccc(C(F)(F)F)c3=O)c2n1. The molecule has 0 bridgehead atoms. The zero-order chi connectivity index (χ0) is 27.0. The maximum Gasteiger partial charge on any atom is 0.421 e. The molecule has 0 aliphatic carbocycles. The Morgan fingerprint density at radius 1 is 1.13 bits per heavy atom. The molecule has 4 aromatic heterocycles. The fraction of sp³-hybridized carbons (Fsp3) is 0.154. The number of hydrogen-bond donors (Lipinski definition) is 0. The molecule has 4 heterocycles. The fourth-order valence-electron chi connectivity index (χ4n) is 4.06. The highest BCUT2D eigenvalue weighted by Crippen LogP contribution is 2.37. The average Bonchev–Trinajstić information content (AvgIpc) is 3.29. The van der Waals surface area contributed by atoms with Gasteiger partial charge in [0.1, 0.15) is 39.3 Å². The van der Waals surface area contributed by atoms with Crippen LogP contribution in [0.3, 0.4) is 0 Å². The van der Waals surface area contributed by atoms with Gasteiger partial charge in [0.2, 0.25) is 0 Å². The third-order valence-electron chi connectivity index (χ3n) is 5.82. The first kappa shape index (κ1) is 25.8. The van der Waals surface area contributed by atoms with E-state index >= 15 is 0 Å². The summed E-state index contributed by atoms with van der Waals surface area (Å²) in [6.07, 6.45) is -2.45. The van der Waals surface area contributed by atoms with Crippen molar-refractivity contribution < 1.29 is 22.3 Å². The van der Waals surface area contributed by atoms with E-state index in [2.05, 4.69) is 15.0 Å². The van der Waals surface area contributed by atoms with Gasteiger partial charge in [-0.15, -0.1) is 11.3 Å². The molecular formula is C26H17ClF4N4O2S. The second-order valence-electron chi connectivity index (χ2n) is 8.30. The molecule has 1 aromatic carbocycles. The summed E-state index contributed by atoms with van der Waals surface area (Å²) in [6.45, 7) is 1.13. The summed E-state index contributed by atoms with van der Waals surface area (Å²) in [7, 11) is 0. The van der Waals surface area contributed by atoms with Crippen molar-refractivity contribution in [1.29, 1.82) is 0 Å². The lowest BCUT2D eigenvalue weighted by Crippen LogP contribution is -2.29. The molecule has 5 aromatic rings. The van der Waals surface area contributed by atoms with Gasteiger partial charge in [-0.25, -0.2) is 14.4 Å². The molecule has 0 fully saturated rings. The van der Waals surface area contributed by atoms with Gasteiger partial charge in [-0.3, -0.25) is 9.78 Å². The molecule has 0 saturated heterocycles. The van der Waals surface area contributed by atoms with Gasteiger partial charge in [0.05, 0.1) is 17.7 Å². The van der Waals surface area contributed by atoms with Crippen molar-refractivity contribution in [2.75, 3.05) is 0 Å². The van der Waals surface area contributed by atoms with Gasteiger partial charge in [-0.05, 0) is 37.3 Å². The Hall–Kier alpha value is -3.83. The zero-order valence-corrected chi connectivity index (χ0v) is 21.2. The summed E-state index contributed by atoms with van der Waals surface area (Å²) >= 11 is 7.62. The Kier molecular flexibility index (Phi) is 6.89. The van der Waals surface area contributed by atoms with Crippen molar-refractivity contribution in [3.63, 3.8) is 0 Å². The number of alkyl halides is 3. The standard InChI is InChI=1S/C26H17ClF4N4O2S/c1-14-10-16(23-24(27)38-13-33-23)15-4-2-6-21(22(15)34-14)37-12-17-19(28)7-8-32-20(17)11-35-9-3-5-18(25(35)36)26(29,30)31/h2-10,13H,11-12H2,1H3.